The van der Waals surface area contributed by atoms with Crippen LogP contribution in [0.4, 0.5) is 10.1 Å². The molecule has 0 fully saturated rings. The van der Waals surface area contributed by atoms with Gasteiger partial charge in [-0.3, -0.25) is 4.79 Å². The predicted molar refractivity (Wildman–Crippen MR) is 92.8 cm³/mol. The molecule has 0 bridgehead atoms. The standard InChI is InChI=1S/C17H15ClFN5O/c18-13-6-12(8-20)7-14(15(13)19)22-17(25)16-21-10-24(23-16)9-11-4-2-1-3-5-11/h1-7,10H,8-9,20H2,(H,22,25). The van der Waals surface area contributed by atoms with Crippen LogP contribution in [-0.4, -0.2) is 20.7 Å². The third-order valence-electron chi connectivity index (χ3n) is 3.50. The molecule has 3 N–H and O–H groups in total. The first-order valence-electron chi connectivity index (χ1n) is 7.49. The highest BCUT2D eigenvalue weighted by atomic mass is 35.5. The van der Waals surface area contributed by atoms with Crippen LogP contribution in [0.3, 0.4) is 0 Å². The van der Waals surface area contributed by atoms with Gasteiger partial charge in [0.25, 0.3) is 5.91 Å². The summed E-state index contributed by atoms with van der Waals surface area (Å²) in [5.41, 5.74) is 7.10. The van der Waals surface area contributed by atoms with Gasteiger partial charge in [-0.05, 0) is 23.3 Å². The van der Waals surface area contributed by atoms with Crippen molar-refractivity contribution in [3.05, 3.63) is 76.6 Å². The fourth-order valence-corrected chi connectivity index (χ4v) is 2.52. The van der Waals surface area contributed by atoms with Gasteiger partial charge in [0, 0.05) is 6.54 Å². The minimum absolute atomic E-state index is 0.0580. The summed E-state index contributed by atoms with van der Waals surface area (Å²) in [7, 11) is 0. The minimum Gasteiger partial charge on any atom is -0.326 e. The van der Waals surface area contributed by atoms with Gasteiger partial charge in [0.15, 0.2) is 5.82 Å². The molecule has 8 heteroatoms. The lowest BCUT2D eigenvalue weighted by atomic mass is 10.2. The first-order valence-corrected chi connectivity index (χ1v) is 7.87. The number of anilines is 1. The number of rotatable bonds is 5. The van der Waals surface area contributed by atoms with Gasteiger partial charge in [-0.25, -0.2) is 14.1 Å². The van der Waals surface area contributed by atoms with E-state index in [9.17, 15) is 9.18 Å². The number of carbonyl (C=O) groups excluding carboxylic acids is 1. The third-order valence-corrected chi connectivity index (χ3v) is 3.77. The molecule has 128 valence electrons. The number of carbonyl (C=O) groups is 1. The first-order chi connectivity index (χ1) is 12.1. The maximum atomic E-state index is 14.1. The summed E-state index contributed by atoms with van der Waals surface area (Å²) in [4.78, 5) is 16.2. The van der Waals surface area contributed by atoms with Crippen molar-refractivity contribution in [3.8, 4) is 0 Å². The Morgan fingerprint density at radius 3 is 2.72 bits per heavy atom. The predicted octanol–water partition coefficient (Wildman–Crippen LogP) is 2.83. The number of benzene rings is 2. The van der Waals surface area contributed by atoms with Gasteiger partial charge in [-0.1, -0.05) is 41.9 Å². The lowest BCUT2D eigenvalue weighted by Crippen LogP contribution is -2.16. The second-order valence-electron chi connectivity index (χ2n) is 5.35. The van der Waals surface area contributed by atoms with Gasteiger partial charge in [-0.2, -0.15) is 0 Å². The van der Waals surface area contributed by atoms with Crippen LogP contribution in [0.5, 0.6) is 0 Å². The molecule has 1 amide bonds. The highest BCUT2D eigenvalue weighted by Crippen LogP contribution is 2.25. The number of hydrogen-bond acceptors (Lipinski definition) is 4. The van der Waals surface area contributed by atoms with Crippen molar-refractivity contribution in [3.63, 3.8) is 0 Å². The molecule has 1 heterocycles. The van der Waals surface area contributed by atoms with Gasteiger partial charge in [0.05, 0.1) is 17.3 Å². The van der Waals surface area contributed by atoms with E-state index in [1.54, 1.807) is 0 Å². The van der Waals surface area contributed by atoms with E-state index in [0.717, 1.165) is 5.56 Å². The van der Waals surface area contributed by atoms with Crippen molar-refractivity contribution in [1.29, 1.82) is 0 Å². The summed E-state index contributed by atoms with van der Waals surface area (Å²) in [6, 6.07) is 12.5. The molecule has 0 saturated carbocycles. The van der Waals surface area contributed by atoms with E-state index in [-0.39, 0.29) is 23.1 Å². The van der Waals surface area contributed by atoms with Crippen LogP contribution in [0.2, 0.25) is 5.02 Å². The smallest absolute Gasteiger partial charge is 0.295 e. The summed E-state index contributed by atoms with van der Waals surface area (Å²) < 4.78 is 15.6. The maximum Gasteiger partial charge on any atom is 0.295 e. The van der Waals surface area contributed by atoms with E-state index in [1.807, 2.05) is 30.3 Å². The zero-order valence-electron chi connectivity index (χ0n) is 13.1. The third kappa shape index (κ3) is 4.01. The molecule has 0 radical (unpaired) electrons. The molecular formula is C17H15ClFN5O. The molecule has 3 rings (SSSR count). The Morgan fingerprint density at radius 2 is 2.00 bits per heavy atom. The van der Waals surface area contributed by atoms with Crippen LogP contribution in [0, 0.1) is 5.82 Å². The number of nitrogens with one attached hydrogen (secondary N) is 1. The van der Waals surface area contributed by atoms with Crippen molar-refractivity contribution >= 4 is 23.2 Å². The molecule has 0 aliphatic heterocycles. The van der Waals surface area contributed by atoms with Crippen molar-refractivity contribution in [2.24, 2.45) is 5.73 Å². The zero-order chi connectivity index (χ0) is 17.8. The summed E-state index contributed by atoms with van der Waals surface area (Å²) in [6.07, 6.45) is 1.45. The van der Waals surface area contributed by atoms with Crippen molar-refractivity contribution in [2.45, 2.75) is 13.1 Å². The highest BCUT2D eigenvalue weighted by molar-refractivity contribution is 6.31. The maximum absolute atomic E-state index is 14.1. The van der Waals surface area contributed by atoms with Crippen LogP contribution in [0.25, 0.3) is 0 Å². The minimum atomic E-state index is -0.726. The van der Waals surface area contributed by atoms with Gasteiger partial charge < -0.3 is 11.1 Å². The molecule has 0 spiro atoms. The van der Waals surface area contributed by atoms with E-state index < -0.39 is 11.7 Å². The quantitative estimate of drug-likeness (QED) is 0.733. The Balaban J connectivity index is 1.75. The largest absolute Gasteiger partial charge is 0.326 e. The fourth-order valence-electron chi connectivity index (χ4n) is 2.28. The summed E-state index contributed by atoms with van der Waals surface area (Å²) in [5, 5.41) is 6.43. The molecule has 1 aromatic heterocycles. The molecular weight excluding hydrogens is 345 g/mol. The van der Waals surface area contributed by atoms with Crippen molar-refractivity contribution in [2.75, 3.05) is 5.32 Å². The molecule has 0 atom stereocenters. The van der Waals surface area contributed by atoms with Gasteiger partial charge >= 0.3 is 0 Å². The number of aromatic nitrogens is 3. The van der Waals surface area contributed by atoms with Crippen LogP contribution in [-0.2, 0) is 13.1 Å². The Hall–Kier alpha value is -2.77. The fraction of sp³-hybridized carbons (Fsp3) is 0.118. The SMILES string of the molecule is NCc1cc(Cl)c(F)c(NC(=O)c2ncn(Cc3ccccc3)n2)c1. The average Bonchev–Trinajstić information content (AvgIpc) is 3.08. The van der Waals surface area contributed by atoms with Gasteiger partial charge in [0.2, 0.25) is 5.82 Å². The monoisotopic (exact) mass is 359 g/mol. The van der Waals surface area contributed by atoms with E-state index in [1.165, 1.54) is 23.1 Å². The van der Waals surface area contributed by atoms with Crippen LogP contribution in [0.1, 0.15) is 21.7 Å². The average molecular weight is 360 g/mol. The molecule has 0 unspecified atom stereocenters. The Bertz CT molecular complexity index is 897. The van der Waals surface area contributed by atoms with E-state index in [2.05, 4.69) is 15.4 Å². The number of nitrogens with zero attached hydrogens (tertiary/aromatic N) is 3. The van der Waals surface area contributed by atoms with E-state index >= 15 is 0 Å². The number of nitrogens with two attached hydrogens (primary N) is 1. The Kier molecular flexibility index (Phi) is 5.06. The molecule has 25 heavy (non-hydrogen) atoms. The van der Waals surface area contributed by atoms with Gasteiger partial charge in [-0.15, -0.1) is 5.10 Å². The first kappa shape index (κ1) is 17.1. The molecule has 0 saturated heterocycles. The summed E-state index contributed by atoms with van der Waals surface area (Å²) in [6.45, 7) is 0.650. The molecule has 3 aromatic rings. The Labute approximate surface area is 148 Å². The normalized spacial score (nSPS) is 10.7. The zero-order valence-corrected chi connectivity index (χ0v) is 13.9. The van der Waals surface area contributed by atoms with Crippen molar-refractivity contribution in [1.82, 2.24) is 14.8 Å². The van der Waals surface area contributed by atoms with E-state index in [4.69, 9.17) is 17.3 Å². The highest BCUT2D eigenvalue weighted by Gasteiger charge is 2.16. The van der Waals surface area contributed by atoms with Crippen molar-refractivity contribution < 1.29 is 9.18 Å². The second-order valence-corrected chi connectivity index (χ2v) is 5.76. The summed E-state index contributed by atoms with van der Waals surface area (Å²) >= 11 is 5.80. The van der Waals surface area contributed by atoms with Gasteiger partial charge in [0.1, 0.15) is 6.33 Å². The van der Waals surface area contributed by atoms with E-state index in [0.29, 0.717) is 12.1 Å². The summed E-state index contributed by atoms with van der Waals surface area (Å²) in [5.74, 6) is -1.42. The lowest BCUT2D eigenvalue weighted by molar-refractivity contribution is 0.101. The lowest BCUT2D eigenvalue weighted by Gasteiger charge is -2.08. The molecule has 6 nitrogen and oxygen atoms in total. The molecule has 0 aliphatic rings. The Morgan fingerprint density at radius 1 is 1.24 bits per heavy atom. The van der Waals surface area contributed by atoms with Crippen LogP contribution in [0.15, 0.2) is 48.8 Å². The molecule has 0 aliphatic carbocycles. The number of halogens is 2. The number of amides is 1. The topological polar surface area (TPSA) is 85.8 Å². The molecule has 2 aromatic carbocycles. The second kappa shape index (κ2) is 7.42. The van der Waals surface area contributed by atoms with Crippen LogP contribution >= 0.6 is 11.6 Å². The van der Waals surface area contributed by atoms with Crippen LogP contribution < -0.4 is 11.1 Å². The number of hydrogen-bond donors (Lipinski definition) is 2.